The number of benzene rings is 1. The van der Waals surface area contributed by atoms with E-state index in [2.05, 4.69) is 32.1 Å². The predicted molar refractivity (Wildman–Crippen MR) is 101 cm³/mol. The molecule has 134 valence electrons. The van der Waals surface area contributed by atoms with Crippen LogP contribution >= 0.6 is 0 Å². The molecule has 1 fully saturated rings. The van der Waals surface area contributed by atoms with Gasteiger partial charge in [-0.15, -0.1) is 0 Å². The molecule has 1 unspecified atom stereocenters. The fourth-order valence-electron chi connectivity index (χ4n) is 3.59. The summed E-state index contributed by atoms with van der Waals surface area (Å²) in [6, 6.07) is 10.1. The molecular weight excluding hydrogens is 328 g/mol. The second kappa shape index (κ2) is 7.11. The lowest BCUT2D eigenvalue weighted by Crippen LogP contribution is -2.41. The van der Waals surface area contributed by atoms with Gasteiger partial charge in [-0.3, -0.25) is 4.79 Å². The highest BCUT2D eigenvalue weighted by atomic mass is 16.2. The molecule has 7 heteroatoms. The maximum absolute atomic E-state index is 13.0. The van der Waals surface area contributed by atoms with Gasteiger partial charge in [-0.25, -0.2) is 15.0 Å². The largest absolute Gasteiger partial charge is 0.396 e. The predicted octanol–water partition coefficient (Wildman–Crippen LogP) is 2.23. The molecule has 0 bridgehead atoms. The molecule has 2 N–H and O–H groups in total. The van der Waals surface area contributed by atoms with Gasteiger partial charge in [-0.1, -0.05) is 30.3 Å². The number of piperidine rings is 1. The van der Waals surface area contributed by atoms with Crippen LogP contribution in [0.25, 0.3) is 0 Å². The molecule has 2 aromatic rings. The molecule has 1 atom stereocenters. The minimum atomic E-state index is -0.0125. The van der Waals surface area contributed by atoms with Gasteiger partial charge in [0.05, 0.1) is 24.1 Å². The van der Waals surface area contributed by atoms with E-state index < -0.39 is 0 Å². The summed E-state index contributed by atoms with van der Waals surface area (Å²) in [4.78, 5) is 23.7. The van der Waals surface area contributed by atoms with Crippen LogP contribution in [0, 0.1) is 5.92 Å². The molecule has 0 saturated carbocycles. The lowest BCUT2D eigenvalue weighted by molar-refractivity contribution is -0.138. The van der Waals surface area contributed by atoms with Crippen molar-refractivity contribution in [3.05, 3.63) is 48.3 Å². The van der Waals surface area contributed by atoms with Gasteiger partial charge >= 0.3 is 0 Å². The van der Waals surface area contributed by atoms with Crippen LogP contribution in [0.2, 0.25) is 0 Å². The van der Waals surface area contributed by atoms with Gasteiger partial charge in [0.2, 0.25) is 11.9 Å². The first-order valence-electron chi connectivity index (χ1n) is 8.95. The normalized spacial score (nSPS) is 20.5. The Bertz CT molecular complexity index is 783. The summed E-state index contributed by atoms with van der Waals surface area (Å²) in [5.74, 6) is 0.776. The Hall–Kier alpha value is -2.96. The van der Waals surface area contributed by atoms with E-state index in [-0.39, 0.29) is 17.9 Å². The minimum absolute atomic E-state index is 0.0125. The van der Waals surface area contributed by atoms with Crippen molar-refractivity contribution in [2.45, 2.75) is 25.3 Å². The van der Waals surface area contributed by atoms with E-state index in [4.69, 9.17) is 5.73 Å². The van der Waals surface area contributed by atoms with Gasteiger partial charge in [0, 0.05) is 31.6 Å². The van der Waals surface area contributed by atoms with E-state index in [1.807, 2.05) is 24.4 Å². The maximum Gasteiger partial charge on any atom is 0.246 e. The molecule has 0 aliphatic carbocycles. The lowest BCUT2D eigenvalue weighted by Gasteiger charge is -2.33. The molecule has 2 aliphatic rings. The lowest BCUT2D eigenvalue weighted by atomic mass is 9.94. The summed E-state index contributed by atoms with van der Waals surface area (Å²) in [6.07, 6.45) is 7.40. The van der Waals surface area contributed by atoms with Gasteiger partial charge in [0.1, 0.15) is 0 Å². The Labute approximate surface area is 152 Å². The Morgan fingerprint density at radius 3 is 2.46 bits per heavy atom. The van der Waals surface area contributed by atoms with Crippen LogP contribution in [-0.4, -0.2) is 40.2 Å². The Kier molecular flexibility index (Phi) is 4.51. The van der Waals surface area contributed by atoms with Gasteiger partial charge in [-0.2, -0.15) is 5.10 Å². The molecule has 7 nitrogen and oxygen atoms in total. The maximum atomic E-state index is 13.0. The summed E-state index contributed by atoms with van der Waals surface area (Å²) in [5.41, 5.74) is 7.33. The second-order valence-corrected chi connectivity index (χ2v) is 6.72. The average Bonchev–Trinajstić information content (AvgIpc) is 3.19. The zero-order valence-electron chi connectivity index (χ0n) is 14.5. The van der Waals surface area contributed by atoms with Crippen molar-refractivity contribution in [1.29, 1.82) is 0 Å². The van der Waals surface area contributed by atoms with Gasteiger partial charge in [0.25, 0.3) is 0 Å². The SMILES string of the molecule is Nc1cnc(N2CCC(C(=O)N3N=CCC3c3ccccc3)CC2)nc1. The number of hydrogen-bond acceptors (Lipinski definition) is 6. The minimum Gasteiger partial charge on any atom is -0.396 e. The van der Waals surface area contributed by atoms with Crippen LogP contribution in [0.1, 0.15) is 30.9 Å². The summed E-state index contributed by atoms with van der Waals surface area (Å²) in [7, 11) is 0. The fraction of sp³-hybridized carbons (Fsp3) is 0.368. The summed E-state index contributed by atoms with van der Waals surface area (Å²) in [6.45, 7) is 1.52. The number of hydrazone groups is 1. The van der Waals surface area contributed by atoms with E-state index >= 15 is 0 Å². The number of anilines is 2. The van der Waals surface area contributed by atoms with E-state index in [1.54, 1.807) is 17.4 Å². The highest BCUT2D eigenvalue weighted by Gasteiger charge is 2.34. The van der Waals surface area contributed by atoms with Crippen molar-refractivity contribution >= 4 is 23.8 Å². The highest BCUT2D eigenvalue weighted by molar-refractivity contribution is 5.82. The number of nitrogens with zero attached hydrogens (tertiary/aromatic N) is 5. The van der Waals surface area contributed by atoms with E-state index in [0.29, 0.717) is 11.6 Å². The van der Waals surface area contributed by atoms with Crippen molar-refractivity contribution in [2.75, 3.05) is 23.7 Å². The first-order chi connectivity index (χ1) is 12.7. The number of nitrogen functional groups attached to an aromatic ring is 1. The zero-order valence-corrected chi connectivity index (χ0v) is 14.5. The first kappa shape index (κ1) is 16.5. The molecule has 0 radical (unpaired) electrons. The van der Waals surface area contributed by atoms with Crippen molar-refractivity contribution in [2.24, 2.45) is 11.0 Å². The number of amides is 1. The van der Waals surface area contributed by atoms with Gasteiger partial charge in [-0.05, 0) is 18.4 Å². The number of aromatic nitrogens is 2. The summed E-state index contributed by atoms with van der Waals surface area (Å²) in [5, 5.41) is 6.04. The summed E-state index contributed by atoms with van der Waals surface area (Å²) < 4.78 is 0. The Balaban J connectivity index is 1.40. The molecule has 1 amide bonds. The number of carbonyl (C=O) groups is 1. The third-order valence-corrected chi connectivity index (χ3v) is 5.03. The van der Waals surface area contributed by atoms with E-state index in [0.717, 1.165) is 37.9 Å². The second-order valence-electron chi connectivity index (χ2n) is 6.72. The van der Waals surface area contributed by atoms with Crippen LogP contribution in [-0.2, 0) is 4.79 Å². The number of hydrogen-bond donors (Lipinski definition) is 1. The number of nitrogens with two attached hydrogens (primary N) is 1. The van der Waals surface area contributed by atoms with Crippen LogP contribution in [0.5, 0.6) is 0 Å². The zero-order chi connectivity index (χ0) is 17.9. The number of rotatable bonds is 3. The Morgan fingerprint density at radius 1 is 1.08 bits per heavy atom. The number of carbonyl (C=O) groups excluding carboxylic acids is 1. The Morgan fingerprint density at radius 2 is 1.77 bits per heavy atom. The van der Waals surface area contributed by atoms with Crippen molar-refractivity contribution < 1.29 is 4.79 Å². The average molecular weight is 350 g/mol. The van der Waals surface area contributed by atoms with Gasteiger partial charge < -0.3 is 10.6 Å². The third kappa shape index (κ3) is 3.24. The molecule has 4 rings (SSSR count). The third-order valence-electron chi connectivity index (χ3n) is 5.03. The molecule has 26 heavy (non-hydrogen) atoms. The molecule has 0 spiro atoms. The molecule has 2 aliphatic heterocycles. The molecule has 1 aromatic heterocycles. The van der Waals surface area contributed by atoms with E-state index in [1.165, 1.54) is 0 Å². The highest BCUT2D eigenvalue weighted by Crippen LogP contribution is 2.32. The van der Waals surface area contributed by atoms with Crippen molar-refractivity contribution in [1.82, 2.24) is 15.0 Å². The monoisotopic (exact) mass is 350 g/mol. The van der Waals surface area contributed by atoms with Crippen molar-refractivity contribution in [3.63, 3.8) is 0 Å². The van der Waals surface area contributed by atoms with Crippen LogP contribution in [0.15, 0.2) is 47.8 Å². The van der Waals surface area contributed by atoms with Crippen molar-refractivity contribution in [3.8, 4) is 0 Å². The van der Waals surface area contributed by atoms with Crippen LogP contribution in [0.3, 0.4) is 0 Å². The van der Waals surface area contributed by atoms with Crippen LogP contribution in [0.4, 0.5) is 11.6 Å². The molecule has 3 heterocycles. The quantitative estimate of drug-likeness (QED) is 0.917. The smallest absolute Gasteiger partial charge is 0.246 e. The van der Waals surface area contributed by atoms with Crippen LogP contribution < -0.4 is 10.6 Å². The fourth-order valence-corrected chi connectivity index (χ4v) is 3.59. The topological polar surface area (TPSA) is 87.7 Å². The van der Waals surface area contributed by atoms with E-state index in [9.17, 15) is 4.79 Å². The molecule has 1 aromatic carbocycles. The summed E-state index contributed by atoms with van der Waals surface area (Å²) >= 11 is 0. The van der Waals surface area contributed by atoms with Gasteiger partial charge in [0.15, 0.2) is 0 Å². The molecule has 1 saturated heterocycles. The standard InChI is InChI=1S/C19H22N6O/c20-16-12-21-19(22-13-16)24-10-7-15(8-11-24)18(26)25-17(6-9-23-25)14-4-2-1-3-5-14/h1-5,9,12-13,15,17H,6-8,10-11,20H2. The molecular formula is C19H22N6O. The first-order valence-corrected chi connectivity index (χ1v) is 8.95.